The van der Waals surface area contributed by atoms with Gasteiger partial charge in [0.05, 0.1) is 10.8 Å². The number of amides is 1. The minimum atomic E-state index is -0.396. The Morgan fingerprint density at radius 2 is 2.09 bits per heavy atom. The lowest BCUT2D eigenvalue weighted by molar-refractivity contribution is -0.385. The topological polar surface area (TPSA) is 98.3 Å². The number of nitrogens with one attached hydrogen (secondary N) is 1. The zero-order chi connectivity index (χ0) is 15.9. The number of carbonyl (C=O) groups excluding carboxylic acids is 1. The highest BCUT2D eigenvalue weighted by Crippen LogP contribution is 2.47. The van der Waals surface area contributed by atoms with Crippen molar-refractivity contribution in [1.82, 2.24) is 5.32 Å². The van der Waals surface area contributed by atoms with Crippen LogP contribution < -0.4 is 11.1 Å². The molecule has 0 aliphatic heterocycles. The van der Waals surface area contributed by atoms with Crippen LogP contribution in [0.5, 0.6) is 0 Å². The van der Waals surface area contributed by atoms with Crippen molar-refractivity contribution < 1.29 is 9.72 Å². The van der Waals surface area contributed by atoms with Gasteiger partial charge in [-0.15, -0.1) is 12.4 Å². The second-order valence-electron chi connectivity index (χ2n) is 6.47. The third-order valence-corrected chi connectivity index (χ3v) is 5.35. The summed E-state index contributed by atoms with van der Waals surface area (Å²) < 4.78 is 0. The predicted octanol–water partition coefficient (Wildman–Crippen LogP) is 2.31. The van der Waals surface area contributed by atoms with Crippen molar-refractivity contribution in [3.63, 3.8) is 0 Å². The molecular weight excluding hydrogens is 318 g/mol. The van der Waals surface area contributed by atoms with E-state index in [9.17, 15) is 14.9 Å². The highest BCUT2D eigenvalue weighted by Gasteiger charge is 2.48. The lowest BCUT2D eigenvalue weighted by Crippen LogP contribution is -2.45. The Hall–Kier alpha value is -1.66. The Morgan fingerprint density at radius 3 is 2.70 bits per heavy atom. The number of rotatable bonds is 4. The van der Waals surface area contributed by atoms with Crippen molar-refractivity contribution in [2.24, 2.45) is 23.5 Å². The number of halogens is 1. The number of nitrogens with two attached hydrogens (primary N) is 1. The van der Waals surface area contributed by atoms with E-state index < -0.39 is 4.92 Å². The van der Waals surface area contributed by atoms with E-state index in [0.717, 1.165) is 24.8 Å². The van der Waals surface area contributed by atoms with E-state index >= 15 is 0 Å². The van der Waals surface area contributed by atoms with E-state index in [4.69, 9.17) is 5.73 Å². The van der Waals surface area contributed by atoms with Crippen molar-refractivity contribution in [3.05, 3.63) is 39.4 Å². The highest BCUT2D eigenvalue weighted by molar-refractivity contribution is 5.85. The molecule has 0 heterocycles. The number of nitro groups is 1. The number of hydrogen-bond donors (Lipinski definition) is 2. The summed E-state index contributed by atoms with van der Waals surface area (Å²) in [6, 6.07) is 4.90. The monoisotopic (exact) mass is 339 g/mol. The molecule has 0 aromatic heterocycles. The van der Waals surface area contributed by atoms with Gasteiger partial charge in [-0.05, 0) is 43.6 Å². The van der Waals surface area contributed by atoms with Crippen LogP contribution in [0.4, 0.5) is 5.69 Å². The molecule has 2 aliphatic carbocycles. The van der Waals surface area contributed by atoms with Crippen molar-refractivity contribution in [1.29, 1.82) is 0 Å². The fourth-order valence-electron chi connectivity index (χ4n) is 4.08. The van der Waals surface area contributed by atoms with Crippen LogP contribution in [0.3, 0.4) is 0 Å². The van der Waals surface area contributed by atoms with Gasteiger partial charge in [-0.3, -0.25) is 14.9 Å². The first kappa shape index (κ1) is 17.7. The van der Waals surface area contributed by atoms with Gasteiger partial charge in [0.25, 0.3) is 5.69 Å². The number of nitrogens with zero attached hydrogens (tertiary/aromatic N) is 1. The summed E-state index contributed by atoms with van der Waals surface area (Å²) in [7, 11) is 0. The number of nitro benzene ring substituents is 1. The summed E-state index contributed by atoms with van der Waals surface area (Å²) in [5.41, 5.74) is 7.64. The lowest BCUT2D eigenvalue weighted by atomic mass is 9.84. The largest absolute Gasteiger partial charge is 0.352 e. The maximum atomic E-state index is 12.4. The SMILES string of the molecule is Cc1c(CNC(=O)C2C3CCC(C3)C2N)cccc1[N+](=O)[O-].Cl. The molecule has 1 amide bonds. The van der Waals surface area contributed by atoms with Crippen LogP contribution in [0.1, 0.15) is 30.4 Å². The van der Waals surface area contributed by atoms with E-state index in [-0.39, 0.29) is 36.0 Å². The molecule has 2 aliphatic rings. The molecule has 2 fully saturated rings. The molecule has 7 heteroatoms. The molecular formula is C16H22ClN3O3. The highest BCUT2D eigenvalue weighted by atomic mass is 35.5. The van der Waals surface area contributed by atoms with Crippen LogP contribution in [0, 0.1) is 34.8 Å². The average molecular weight is 340 g/mol. The van der Waals surface area contributed by atoms with Gasteiger partial charge in [0.15, 0.2) is 0 Å². The number of fused-ring (bicyclic) bond motifs is 2. The average Bonchev–Trinajstić information content (AvgIpc) is 3.06. The van der Waals surface area contributed by atoms with Crippen molar-refractivity contribution in [3.8, 4) is 0 Å². The normalized spacial score (nSPS) is 28.3. The second-order valence-corrected chi connectivity index (χ2v) is 6.47. The minimum absolute atomic E-state index is 0. The van der Waals surface area contributed by atoms with Gasteiger partial charge in [-0.25, -0.2) is 0 Å². The van der Waals surface area contributed by atoms with Gasteiger partial charge in [0.1, 0.15) is 0 Å². The molecule has 2 saturated carbocycles. The first-order valence-electron chi connectivity index (χ1n) is 7.75. The first-order valence-corrected chi connectivity index (χ1v) is 7.75. The number of hydrogen-bond acceptors (Lipinski definition) is 4. The molecule has 23 heavy (non-hydrogen) atoms. The molecule has 4 atom stereocenters. The minimum Gasteiger partial charge on any atom is -0.352 e. The molecule has 0 radical (unpaired) electrons. The molecule has 6 nitrogen and oxygen atoms in total. The van der Waals surface area contributed by atoms with Crippen molar-refractivity contribution in [2.45, 2.75) is 38.8 Å². The fraction of sp³-hybridized carbons (Fsp3) is 0.562. The van der Waals surface area contributed by atoms with E-state index in [1.54, 1.807) is 13.0 Å². The van der Waals surface area contributed by atoms with Crippen LogP contribution in [0.25, 0.3) is 0 Å². The van der Waals surface area contributed by atoms with Gasteiger partial charge in [0.2, 0.25) is 5.91 Å². The third kappa shape index (κ3) is 3.19. The van der Waals surface area contributed by atoms with Crippen LogP contribution in [0.2, 0.25) is 0 Å². The molecule has 4 unspecified atom stereocenters. The van der Waals surface area contributed by atoms with Crippen molar-refractivity contribution in [2.75, 3.05) is 0 Å². The van der Waals surface area contributed by atoms with Crippen LogP contribution >= 0.6 is 12.4 Å². The maximum absolute atomic E-state index is 12.4. The molecule has 1 aromatic carbocycles. The number of carbonyl (C=O) groups is 1. The lowest BCUT2D eigenvalue weighted by Gasteiger charge is -2.27. The molecule has 3 N–H and O–H groups in total. The summed E-state index contributed by atoms with van der Waals surface area (Å²) >= 11 is 0. The fourth-order valence-corrected chi connectivity index (χ4v) is 4.08. The van der Waals surface area contributed by atoms with Gasteiger partial charge >= 0.3 is 0 Å². The van der Waals surface area contributed by atoms with Gasteiger partial charge in [0, 0.05) is 24.2 Å². The van der Waals surface area contributed by atoms with Crippen LogP contribution in [-0.2, 0) is 11.3 Å². The summed E-state index contributed by atoms with van der Waals surface area (Å²) in [6.45, 7) is 2.02. The molecule has 1 aromatic rings. The van der Waals surface area contributed by atoms with Gasteiger partial charge < -0.3 is 11.1 Å². The smallest absolute Gasteiger partial charge is 0.272 e. The van der Waals surface area contributed by atoms with Crippen molar-refractivity contribution >= 4 is 24.0 Å². The Balaban J connectivity index is 0.00000192. The molecule has 2 bridgehead atoms. The molecule has 0 spiro atoms. The zero-order valence-corrected chi connectivity index (χ0v) is 13.8. The van der Waals surface area contributed by atoms with E-state index in [0.29, 0.717) is 23.9 Å². The Labute approximate surface area is 141 Å². The van der Waals surface area contributed by atoms with E-state index in [2.05, 4.69) is 5.32 Å². The Bertz CT molecular complexity index is 621. The quantitative estimate of drug-likeness (QED) is 0.649. The maximum Gasteiger partial charge on any atom is 0.272 e. The van der Waals surface area contributed by atoms with Crippen LogP contribution in [0.15, 0.2) is 18.2 Å². The van der Waals surface area contributed by atoms with E-state index in [1.165, 1.54) is 6.07 Å². The standard InChI is InChI=1S/C16H21N3O3.ClH/c1-9-12(3-2-4-13(9)19(21)22)8-18-16(20)14-10-5-6-11(7-10)15(14)17;/h2-4,10-11,14-15H,5-8,17H2,1H3,(H,18,20);1H. The summed E-state index contributed by atoms with van der Waals surface area (Å²) in [6.07, 6.45) is 3.29. The summed E-state index contributed by atoms with van der Waals surface area (Å²) in [5, 5.41) is 13.9. The molecule has 3 rings (SSSR count). The van der Waals surface area contributed by atoms with Gasteiger partial charge in [-0.1, -0.05) is 12.1 Å². The summed E-state index contributed by atoms with van der Waals surface area (Å²) in [4.78, 5) is 23.0. The van der Waals surface area contributed by atoms with Gasteiger partial charge in [-0.2, -0.15) is 0 Å². The second kappa shape index (κ2) is 6.84. The Morgan fingerprint density at radius 1 is 1.39 bits per heavy atom. The van der Waals surface area contributed by atoms with Crippen LogP contribution in [-0.4, -0.2) is 16.9 Å². The molecule has 126 valence electrons. The summed E-state index contributed by atoms with van der Waals surface area (Å²) in [5.74, 6) is 0.787. The van der Waals surface area contributed by atoms with E-state index in [1.807, 2.05) is 6.07 Å². The molecule has 0 saturated heterocycles. The Kier molecular flexibility index (Phi) is 5.26. The third-order valence-electron chi connectivity index (χ3n) is 5.35. The first-order chi connectivity index (χ1) is 10.5. The number of benzene rings is 1. The zero-order valence-electron chi connectivity index (χ0n) is 13.0. The predicted molar refractivity (Wildman–Crippen MR) is 89.2 cm³/mol.